The van der Waals surface area contributed by atoms with Gasteiger partial charge in [-0.25, -0.2) is 0 Å². The zero-order valence-corrected chi connectivity index (χ0v) is 12.4. The van der Waals surface area contributed by atoms with Gasteiger partial charge in [0, 0.05) is 23.9 Å². The molecule has 1 heterocycles. The lowest BCUT2D eigenvalue weighted by Gasteiger charge is -2.28. The number of carbonyl (C=O) groups is 2. The number of carbonyl (C=O) groups excluding carboxylic acids is 2. The first-order chi connectivity index (χ1) is 9.02. The lowest BCUT2D eigenvalue weighted by atomic mass is 9.74. The van der Waals surface area contributed by atoms with Crippen molar-refractivity contribution in [2.75, 3.05) is 6.26 Å². The Bertz CT molecular complexity index is 481. The minimum atomic E-state index is -0.637. The predicted molar refractivity (Wildman–Crippen MR) is 76.3 cm³/mol. The first kappa shape index (κ1) is 14.3. The first-order valence-corrected chi connectivity index (χ1v) is 7.80. The van der Waals surface area contributed by atoms with Crippen molar-refractivity contribution < 1.29 is 9.59 Å². The highest BCUT2D eigenvalue weighted by Gasteiger charge is 2.38. The largest absolute Gasteiger partial charge is 0.298 e. The third-order valence-corrected chi connectivity index (χ3v) is 4.52. The van der Waals surface area contributed by atoms with Crippen LogP contribution in [-0.2, 0) is 9.59 Å². The van der Waals surface area contributed by atoms with Crippen LogP contribution in [0.3, 0.4) is 0 Å². The molecule has 2 rings (SSSR count). The van der Waals surface area contributed by atoms with Crippen molar-refractivity contribution in [2.45, 2.75) is 37.5 Å². The lowest BCUT2D eigenvalue weighted by Crippen LogP contribution is -2.34. The first-order valence-electron chi connectivity index (χ1n) is 6.58. The molecule has 0 aromatic carbocycles. The molecule has 4 heteroatoms. The van der Waals surface area contributed by atoms with Crippen LogP contribution in [0, 0.1) is 11.8 Å². The standard InChI is InChI=1S/C15H19NO2S/c1-9(2)10-6-13(17)15(14(18)7-10)12-8-11(19-3)4-5-16-12/h4-5,8-10,15H,6-7H2,1-3H3. The monoisotopic (exact) mass is 277 g/mol. The number of Topliss-reactive ketones (excluding diaryl/α,β-unsaturated/α-hetero) is 2. The number of aromatic nitrogens is 1. The predicted octanol–water partition coefficient (Wildman–Crippen LogP) is 3.09. The van der Waals surface area contributed by atoms with Crippen molar-refractivity contribution in [3.63, 3.8) is 0 Å². The summed E-state index contributed by atoms with van der Waals surface area (Å²) < 4.78 is 0. The number of rotatable bonds is 3. The molecule has 0 saturated heterocycles. The maximum Gasteiger partial charge on any atom is 0.149 e. The Morgan fingerprint density at radius 2 is 1.89 bits per heavy atom. The van der Waals surface area contributed by atoms with Gasteiger partial charge in [-0.05, 0) is 30.2 Å². The molecule has 0 amide bonds. The highest BCUT2D eigenvalue weighted by molar-refractivity contribution is 7.98. The zero-order chi connectivity index (χ0) is 14.0. The van der Waals surface area contributed by atoms with Gasteiger partial charge >= 0.3 is 0 Å². The van der Waals surface area contributed by atoms with Gasteiger partial charge in [-0.2, -0.15) is 0 Å². The fourth-order valence-electron chi connectivity index (χ4n) is 2.52. The average Bonchev–Trinajstić information content (AvgIpc) is 2.38. The van der Waals surface area contributed by atoms with Crippen molar-refractivity contribution in [3.8, 4) is 0 Å². The molecular formula is C15H19NO2S. The Hall–Kier alpha value is -1.16. The van der Waals surface area contributed by atoms with E-state index in [-0.39, 0.29) is 17.5 Å². The van der Waals surface area contributed by atoms with Crippen LogP contribution in [0.15, 0.2) is 23.2 Å². The summed E-state index contributed by atoms with van der Waals surface area (Å²) in [6.07, 6.45) is 4.65. The van der Waals surface area contributed by atoms with Crippen molar-refractivity contribution in [2.24, 2.45) is 11.8 Å². The summed E-state index contributed by atoms with van der Waals surface area (Å²) >= 11 is 1.59. The quantitative estimate of drug-likeness (QED) is 0.629. The summed E-state index contributed by atoms with van der Waals surface area (Å²) in [5.41, 5.74) is 0.615. The van der Waals surface area contributed by atoms with E-state index in [9.17, 15) is 9.59 Å². The third-order valence-electron chi connectivity index (χ3n) is 3.80. The van der Waals surface area contributed by atoms with Gasteiger partial charge in [0.2, 0.25) is 0 Å². The van der Waals surface area contributed by atoms with E-state index in [0.29, 0.717) is 24.5 Å². The molecule has 3 nitrogen and oxygen atoms in total. The highest BCUT2D eigenvalue weighted by Crippen LogP contribution is 2.34. The Balaban J connectivity index is 2.25. The van der Waals surface area contributed by atoms with E-state index in [2.05, 4.69) is 18.8 Å². The van der Waals surface area contributed by atoms with Crippen LogP contribution in [0.4, 0.5) is 0 Å². The molecule has 1 aliphatic carbocycles. The molecule has 0 aliphatic heterocycles. The maximum absolute atomic E-state index is 12.3. The molecule has 0 bridgehead atoms. The Morgan fingerprint density at radius 3 is 2.42 bits per heavy atom. The van der Waals surface area contributed by atoms with Crippen molar-refractivity contribution in [3.05, 3.63) is 24.0 Å². The molecule has 1 saturated carbocycles. The van der Waals surface area contributed by atoms with Crippen LogP contribution in [0.1, 0.15) is 38.3 Å². The lowest BCUT2D eigenvalue weighted by molar-refractivity contribution is -0.134. The summed E-state index contributed by atoms with van der Waals surface area (Å²) in [4.78, 5) is 29.8. The van der Waals surface area contributed by atoms with Crippen molar-refractivity contribution >= 4 is 23.3 Å². The normalized spacial score (nSPS) is 24.0. The second-order valence-electron chi connectivity index (χ2n) is 5.40. The summed E-state index contributed by atoms with van der Waals surface area (Å²) in [5, 5.41) is 0. The van der Waals surface area contributed by atoms with E-state index in [1.165, 1.54) is 0 Å². The summed E-state index contributed by atoms with van der Waals surface area (Å²) in [6.45, 7) is 4.14. The Labute approximate surface area is 118 Å². The molecule has 0 unspecified atom stereocenters. The average molecular weight is 277 g/mol. The smallest absolute Gasteiger partial charge is 0.149 e. The van der Waals surface area contributed by atoms with E-state index in [0.717, 1.165) is 4.90 Å². The maximum atomic E-state index is 12.3. The fourth-order valence-corrected chi connectivity index (χ4v) is 2.95. The Kier molecular flexibility index (Phi) is 4.40. The molecule has 0 radical (unpaired) electrons. The molecule has 1 aromatic rings. The summed E-state index contributed by atoms with van der Waals surface area (Å²) in [5.74, 6) is -0.0113. The minimum absolute atomic E-state index is 0.0284. The SMILES string of the molecule is CSc1ccnc(C2C(=O)CC(C(C)C)CC2=O)c1. The summed E-state index contributed by atoms with van der Waals surface area (Å²) in [6, 6.07) is 3.75. The van der Waals surface area contributed by atoms with Gasteiger partial charge in [0.15, 0.2) is 0 Å². The molecule has 19 heavy (non-hydrogen) atoms. The highest BCUT2D eigenvalue weighted by atomic mass is 32.2. The number of pyridine rings is 1. The zero-order valence-electron chi connectivity index (χ0n) is 11.6. The van der Waals surface area contributed by atoms with Crippen LogP contribution < -0.4 is 0 Å². The van der Waals surface area contributed by atoms with Gasteiger partial charge in [-0.1, -0.05) is 13.8 Å². The van der Waals surface area contributed by atoms with Crippen LogP contribution in [0.25, 0.3) is 0 Å². The second kappa shape index (κ2) is 5.87. The van der Waals surface area contributed by atoms with Gasteiger partial charge in [-0.3, -0.25) is 14.6 Å². The molecule has 0 N–H and O–H groups in total. The van der Waals surface area contributed by atoms with Crippen molar-refractivity contribution in [1.29, 1.82) is 0 Å². The van der Waals surface area contributed by atoms with E-state index >= 15 is 0 Å². The van der Waals surface area contributed by atoms with E-state index in [4.69, 9.17) is 0 Å². The van der Waals surface area contributed by atoms with Gasteiger partial charge in [0.05, 0.1) is 5.69 Å². The third kappa shape index (κ3) is 3.06. The van der Waals surface area contributed by atoms with E-state index in [1.807, 2.05) is 18.4 Å². The second-order valence-corrected chi connectivity index (χ2v) is 6.28. The van der Waals surface area contributed by atoms with Crippen LogP contribution >= 0.6 is 11.8 Å². The molecule has 1 aromatic heterocycles. The Morgan fingerprint density at radius 1 is 1.26 bits per heavy atom. The number of thioether (sulfide) groups is 1. The summed E-state index contributed by atoms with van der Waals surface area (Å²) in [7, 11) is 0. The van der Waals surface area contributed by atoms with E-state index < -0.39 is 5.92 Å². The fraction of sp³-hybridized carbons (Fsp3) is 0.533. The molecule has 1 fully saturated rings. The van der Waals surface area contributed by atoms with Crippen LogP contribution in [-0.4, -0.2) is 22.8 Å². The number of nitrogens with zero attached hydrogens (tertiary/aromatic N) is 1. The molecule has 102 valence electrons. The van der Waals surface area contributed by atoms with Crippen molar-refractivity contribution in [1.82, 2.24) is 4.98 Å². The molecule has 0 atom stereocenters. The minimum Gasteiger partial charge on any atom is -0.298 e. The van der Waals surface area contributed by atoms with E-state index in [1.54, 1.807) is 18.0 Å². The van der Waals surface area contributed by atoms with Crippen LogP contribution in [0.5, 0.6) is 0 Å². The van der Waals surface area contributed by atoms with Gasteiger partial charge in [-0.15, -0.1) is 11.8 Å². The van der Waals surface area contributed by atoms with Crippen LogP contribution in [0.2, 0.25) is 0 Å². The number of hydrogen-bond acceptors (Lipinski definition) is 4. The topological polar surface area (TPSA) is 47.0 Å². The molecular weight excluding hydrogens is 258 g/mol. The molecule has 0 spiro atoms. The van der Waals surface area contributed by atoms with Gasteiger partial charge in [0.1, 0.15) is 17.5 Å². The molecule has 1 aliphatic rings. The number of hydrogen-bond donors (Lipinski definition) is 0. The number of ketones is 2. The van der Waals surface area contributed by atoms with Gasteiger partial charge in [0.25, 0.3) is 0 Å². The van der Waals surface area contributed by atoms with Gasteiger partial charge < -0.3 is 0 Å².